The Balaban J connectivity index is 1.88. The Morgan fingerprint density at radius 2 is 1.33 bits per heavy atom. The van der Waals surface area contributed by atoms with Crippen molar-refractivity contribution in [1.29, 1.82) is 0 Å². The smallest absolute Gasteiger partial charge is 0.228 e. The van der Waals surface area contributed by atoms with Gasteiger partial charge in [0.15, 0.2) is 5.76 Å². The van der Waals surface area contributed by atoms with E-state index < -0.39 is 0 Å². The Morgan fingerprint density at radius 3 is 2.11 bits per heavy atom. The molecule has 0 aliphatic rings. The molecule has 0 aliphatic heterocycles. The van der Waals surface area contributed by atoms with Crippen molar-refractivity contribution in [3.05, 3.63) is 108 Å². The van der Waals surface area contributed by atoms with E-state index in [1.807, 2.05) is 84.9 Å². The average molecular weight is 348 g/mol. The van der Waals surface area contributed by atoms with Crippen molar-refractivity contribution in [1.82, 2.24) is 0 Å². The van der Waals surface area contributed by atoms with Gasteiger partial charge < -0.3 is 4.42 Å². The van der Waals surface area contributed by atoms with Gasteiger partial charge >= 0.3 is 0 Å². The predicted octanol–water partition coefficient (Wildman–Crippen LogP) is 6.48. The van der Waals surface area contributed by atoms with Crippen molar-refractivity contribution in [3.63, 3.8) is 0 Å². The fourth-order valence-corrected chi connectivity index (χ4v) is 3.63. The zero-order valence-electron chi connectivity index (χ0n) is 14.6. The van der Waals surface area contributed by atoms with Crippen LogP contribution in [-0.4, -0.2) is 5.78 Å². The van der Waals surface area contributed by atoms with Crippen LogP contribution in [0.4, 0.5) is 0 Å². The minimum atomic E-state index is -0.102. The normalized spacial score (nSPS) is 11.1. The first kappa shape index (κ1) is 15.6. The SMILES string of the molecule is O=C(c1ccccc1)c1oc2ccc3ccccc3c2c1-c1ccccc1. The van der Waals surface area contributed by atoms with Gasteiger partial charge in [-0.3, -0.25) is 4.79 Å². The van der Waals surface area contributed by atoms with Crippen LogP contribution in [0.25, 0.3) is 32.9 Å². The van der Waals surface area contributed by atoms with Crippen molar-refractivity contribution >= 4 is 27.5 Å². The second-order valence-electron chi connectivity index (χ2n) is 6.53. The fourth-order valence-electron chi connectivity index (χ4n) is 3.63. The number of fused-ring (bicyclic) bond motifs is 3. The molecule has 0 aliphatic carbocycles. The van der Waals surface area contributed by atoms with E-state index in [9.17, 15) is 4.79 Å². The van der Waals surface area contributed by atoms with Gasteiger partial charge in [0.2, 0.25) is 5.78 Å². The van der Waals surface area contributed by atoms with E-state index in [1.54, 1.807) is 0 Å². The Morgan fingerprint density at radius 1 is 0.667 bits per heavy atom. The summed E-state index contributed by atoms with van der Waals surface area (Å²) in [5.74, 6) is 0.286. The molecule has 0 radical (unpaired) electrons. The molecule has 0 amide bonds. The maximum Gasteiger partial charge on any atom is 0.228 e. The highest BCUT2D eigenvalue weighted by Crippen LogP contribution is 2.40. The average Bonchev–Trinajstić information content (AvgIpc) is 3.14. The van der Waals surface area contributed by atoms with Crippen LogP contribution in [0.1, 0.15) is 16.1 Å². The quantitative estimate of drug-likeness (QED) is 0.349. The first-order chi connectivity index (χ1) is 13.3. The van der Waals surface area contributed by atoms with Crippen LogP contribution in [0, 0.1) is 0 Å². The summed E-state index contributed by atoms with van der Waals surface area (Å²) in [4.78, 5) is 13.3. The number of hydrogen-bond donors (Lipinski definition) is 0. The van der Waals surface area contributed by atoms with Crippen molar-refractivity contribution in [2.75, 3.05) is 0 Å². The predicted molar refractivity (Wildman–Crippen MR) is 109 cm³/mol. The monoisotopic (exact) mass is 348 g/mol. The van der Waals surface area contributed by atoms with Crippen LogP contribution in [0.2, 0.25) is 0 Å². The number of carbonyl (C=O) groups excluding carboxylic acids is 1. The first-order valence-corrected chi connectivity index (χ1v) is 8.92. The minimum absolute atomic E-state index is 0.102. The zero-order chi connectivity index (χ0) is 18.2. The van der Waals surface area contributed by atoms with Crippen molar-refractivity contribution in [2.45, 2.75) is 0 Å². The summed E-state index contributed by atoms with van der Waals surface area (Å²) in [5, 5.41) is 3.20. The number of carbonyl (C=O) groups is 1. The van der Waals surface area contributed by atoms with Gasteiger partial charge in [-0.2, -0.15) is 0 Å². The molecule has 1 aromatic heterocycles. The molecule has 0 bridgehead atoms. The molecule has 0 saturated carbocycles. The Kier molecular flexibility index (Phi) is 3.61. The Hall–Kier alpha value is -3.65. The van der Waals surface area contributed by atoms with Crippen LogP contribution in [0.5, 0.6) is 0 Å². The zero-order valence-corrected chi connectivity index (χ0v) is 14.6. The molecule has 128 valence electrons. The largest absolute Gasteiger partial charge is 0.452 e. The van der Waals surface area contributed by atoms with Gasteiger partial charge in [0.1, 0.15) is 5.58 Å². The fraction of sp³-hybridized carbons (Fsp3) is 0. The molecular weight excluding hydrogens is 332 g/mol. The summed E-state index contributed by atoms with van der Waals surface area (Å²) in [6.45, 7) is 0. The number of furan rings is 1. The Bertz CT molecular complexity index is 1270. The molecule has 0 atom stereocenters. The van der Waals surface area contributed by atoms with E-state index >= 15 is 0 Å². The summed E-state index contributed by atoms with van der Waals surface area (Å²) >= 11 is 0. The van der Waals surface area contributed by atoms with E-state index in [0.29, 0.717) is 11.3 Å². The summed E-state index contributed by atoms with van der Waals surface area (Å²) in [5.41, 5.74) is 3.19. The van der Waals surface area contributed by atoms with Crippen LogP contribution in [0.15, 0.2) is 101 Å². The topological polar surface area (TPSA) is 30.2 Å². The molecule has 0 N–H and O–H groups in total. The molecule has 0 saturated heterocycles. The lowest BCUT2D eigenvalue weighted by molar-refractivity contribution is 0.101. The van der Waals surface area contributed by atoms with Gasteiger partial charge in [0.05, 0.1) is 0 Å². The standard InChI is InChI=1S/C25H16O2/c26-24(19-12-5-2-6-13-19)25-22(18-10-3-1-4-11-18)23-20-14-8-7-9-17(20)15-16-21(23)27-25/h1-16H. The van der Waals surface area contributed by atoms with Crippen molar-refractivity contribution in [3.8, 4) is 11.1 Å². The van der Waals surface area contributed by atoms with Gasteiger partial charge in [0.25, 0.3) is 0 Å². The number of benzene rings is 4. The van der Waals surface area contributed by atoms with Gasteiger partial charge in [-0.15, -0.1) is 0 Å². The molecule has 27 heavy (non-hydrogen) atoms. The van der Waals surface area contributed by atoms with Crippen LogP contribution < -0.4 is 0 Å². The van der Waals surface area contributed by atoms with Crippen LogP contribution in [-0.2, 0) is 0 Å². The first-order valence-electron chi connectivity index (χ1n) is 8.92. The summed E-state index contributed by atoms with van der Waals surface area (Å²) in [6, 6.07) is 31.4. The molecule has 0 unspecified atom stereocenters. The number of hydrogen-bond acceptors (Lipinski definition) is 2. The third-order valence-corrected chi connectivity index (χ3v) is 4.88. The van der Waals surface area contributed by atoms with Gasteiger partial charge in [-0.25, -0.2) is 0 Å². The number of rotatable bonds is 3. The highest BCUT2D eigenvalue weighted by atomic mass is 16.3. The van der Waals surface area contributed by atoms with Crippen molar-refractivity contribution in [2.24, 2.45) is 0 Å². The molecule has 5 aromatic rings. The van der Waals surface area contributed by atoms with E-state index in [1.165, 1.54) is 0 Å². The minimum Gasteiger partial charge on any atom is -0.452 e. The van der Waals surface area contributed by atoms with Gasteiger partial charge in [-0.05, 0) is 22.4 Å². The summed E-state index contributed by atoms with van der Waals surface area (Å²) < 4.78 is 6.13. The molecule has 2 heteroatoms. The molecule has 2 nitrogen and oxygen atoms in total. The molecule has 5 rings (SSSR count). The summed E-state index contributed by atoms with van der Waals surface area (Å²) in [7, 11) is 0. The molecule has 0 fully saturated rings. The maximum atomic E-state index is 13.3. The lowest BCUT2D eigenvalue weighted by atomic mass is 9.95. The maximum absolute atomic E-state index is 13.3. The van der Waals surface area contributed by atoms with E-state index in [-0.39, 0.29) is 5.78 Å². The van der Waals surface area contributed by atoms with Crippen molar-refractivity contribution < 1.29 is 9.21 Å². The number of ketones is 1. The van der Waals surface area contributed by atoms with Gasteiger partial charge in [-0.1, -0.05) is 91.0 Å². The van der Waals surface area contributed by atoms with Gasteiger partial charge in [0, 0.05) is 16.5 Å². The summed E-state index contributed by atoms with van der Waals surface area (Å²) in [6.07, 6.45) is 0. The lowest BCUT2D eigenvalue weighted by Gasteiger charge is -2.05. The molecule has 1 heterocycles. The van der Waals surface area contributed by atoms with Crippen LogP contribution in [0.3, 0.4) is 0 Å². The molecule has 4 aromatic carbocycles. The lowest BCUT2D eigenvalue weighted by Crippen LogP contribution is -2.01. The van der Waals surface area contributed by atoms with E-state index in [4.69, 9.17) is 4.42 Å². The second-order valence-corrected chi connectivity index (χ2v) is 6.53. The second kappa shape index (κ2) is 6.26. The molecular formula is C25H16O2. The third kappa shape index (κ3) is 2.54. The molecule has 0 spiro atoms. The van der Waals surface area contributed by atoms with Crippen LogP contribution >= 0.6 is 0 Å². The third-order valence-electron chi connectivity index (χ3n) is 4.88. The highest BCUT2D eigenvalue weighted by Gasteiger charge is 2.24. The highest BCUT2D eigenvalue weighted by molar-refractivity contribution is 6.21. The van der Waals surface area contributed by atoms with E-state index in [0.717, 1.165) is 32.9 Å². The van der Waals surface area contributed by atoms with E-state index in [2.05, 4.69) is 12.1 Å². The Labute approximate surface area is 156 Å².